The first kappa shape index (κ1) is 12.2. The van der Waals surface area contributed by atoms with E-state index in [-0.39, 0.29) is 6.04 Å². The van der Waals surface area contributed by atoms with Crippen LogP contribution in [0.1, 0.15) is 31.4 Å². The van der Waals surface area contributed by atoms with Gasteiger partial charge >= 0.3 is 0 Å². The van der Waals surface area contributed by atoms with Gasteiger partial charge in [-0.3, -0.25) is 4.68 Å². The van der Waals surface area contributed by atoms with Gasteiger partial charge < -0.3 is 10.6 Å². The highest BCUT2D eigenvalue weighted by Crippen LogP contribution is 2.13. The van der Waals surface area contributed by atoms with Crippen molar-refractivity contribution in [2.24, 2.45) is 5.73 Å². The molecule has 0 amide bonds. The molecule has 1 aromatic rings. The van der Waals surface area contributed by atoms with Crippen molar-refractivity contribution < 1.29 is 0 Å². The van der Waals surface area contributed by atoms with Crippen LogP contribution < -0.4 is 5.73 Å². The van der Waals surface area contributed by atoms with Gasteiger partial charge in [-0.1, -0.05) is 6.92 Å². The van der Waals surface area contributed by atoms with E-state index >= 15 is 0 Å². The molecule has 0 bridgehead atoms. The Morgan fingerprint density at radius 2 is 2.27 bits per heavy atom. The second kappa shape index (κ2) is 5.88. The zero-order valence-electron chi connectivity index (χ0n) is 9.98. The minimum absolute atomic E-state index is 0.109. The van der Waals surface area contributed by atoms with Crippen LogP contribution in [0.5, 0.6) is 0 Å². The number of aromatic nitrogens is 2. The van der Waals surface area contributed by atoms with Crippen molar-refractivity contribution in [3.63, 3.8) is 0 Å². The zero-order chi connectivity index (χ0) is 11.3. The van der Waals surface area contributed by atoms with Crippen LogP contribution in [0.25, 0.3) is 0 Å². The first-order valence-corrected chi connectivity index (χ1v) is 5.56. The van der Waals surface area contributed by atoms with E-state index in [1.165, 1.54) is 0 Å². The van der Waals surface area contributed by atoms with Crippen LogP contribution in [-0.2, 0) is 6.54 Å². The summed E-state index contributed by atoms with van der Waals surface area (Å²) in [5, 5.41) is 4.28. The lowest BCUT2D eigenvalue weighted by Gasteiger charge is -2.13. The second-order valence-corrected chi connectivity index (χ2v) is 4.24. The monoisotopic (exact) mass is 210 g/mol. The van der Waals surface area contributed by atoms with Gasteiger partial charge in [0.2, 0.25) is 0 Å². The largest absolute Gasteiger partial charge is 0.324 e. The molecule has 0 aromatic carbocycles. The number of nitrogens with zero attached hydrogens (tertiary/aromatic N) is 3. The lowest BCUT2D eigenvalue weighted by atomic mass is 10.1. The van der Waals surface area contributed by atoms with E-state index in [2.05, 4.69) is 37.2 Å². The zero-order valence-corrected chi connectivity index (χ0v) is 9.98. The Morgan fingerprint density at radius 3 is 2.87 bits per heavy atom. The Morgan fingerprint density at radius 1 is 1.53 bits per heavy atom. The van der Waals surface area contributed by atoms with Gasteiger partial charge in [0.25, 0.3) is 0 Å². The van der Waals surface area contributed by atoms with Gasteiger partial charge in [-0.25, -0.2) is 0 Å². The highest BCUT2D eigenvalue weighted by atomic mass is 15.3. The summed E-state index contributed by atoms with van der Waals surface area (Å²) in [6.07, 6.45) is 6.03. The summed E-state index contributed by atoms with van der Waals surface area (Å²) in [6, 6.07) is 0.109. The summed E-state index contributed by atoms with van der Waals surface area (Å²) in [5.74, 6) is 0. The lowest BCUT2D eigenvalue weighted by molar-refractivity contribution is 0.382. The van der Waals surface area contributed by atoms with Crippen LogP contribution >= 0.6 is 0 Å². The van der Waals surface area contributed by atoms with Gasteiger partial charge in [0.1, 0.15) is 0 Å². The van der Waals surface area contributed by atoms with Crippen molar-refractivity contribution in [1.29, 1.82) is 0 Å². The van der Waals surface area contributed by atoms with Crippen LogP contribution in [0.15, 0.2) is 12.4 Å². The first-order chi connectivity index (χ1) is 7.13. The third-order valence-corrected chi connectivity index (χ3v) is 2.42. The molecule has 1 aromatic heterocycles. The molecule has 0 aliphatic heterocycles. The maximum Gasteiger partial charge on any atom is 0.0537 e. The van der Waals surface area contributed by atoms with Crippen molar-refractivity contribution in [2.45, 2.75) is 32.4 Å². The molecule has 0 radical (unpaired) electrons. The van der Waals surface area contributed by atoms with Gasteiger partial charge in [0.05, 0.1) is 6.20 Å². The molecule has 86 valence electrons. The summed E-state index contributed by atoms with van der Waals surface area (Å²) >= 11 is 0. The van der Waals surface area contributed by atoms with E-state index in [4.69, 9.17) is 5.73 Å². The second-order valence-electron chi connectivity index (χ2n) is 4.24. The van der Waals surface area contributed by atoms with Gasteiger partial charge in [-0.2, -0.15) is 5.10 Å². The maximum absolute atomic E-state index is 6.07. The van der Waals surface area contributed by atoms with E-state index in [9.17, 15) is 0 Å². The Kier molecular flexibility index (Phi) is 4.78. The first-order valence-electron chi connectivity index (χ1n) is 5.56. The molecule has 15 heavy (non-hydrogen) atoms. The van der Waals surface area contributed by atoms with Crippen LogP contribution in [0, 0.1) is 0 Å². The van der Waals surface area contributed by atoms with Crippen molar-refractivity contribution in [3.05, 3.63) is 18.0 Å². The van der Waals surface area contributed by atoms with Crippen molar-refractivity contribution in [2.75, 3.05) is 20.6 Å². The predicted octanol–water partition coefficient (Wildman–Crippen LogP) is 1.24. The van der Waals surface area contributed by atoms with Crippen LogP contribution in [0.4, 0.5) is 0 Å². The number of aryl methyl sites for hydroxylation is 1. The van der Waals surface area contributed by atoms with E-state index in [1.54, 1.807) is 0 Å². The van der Waals surface area contributed by atoms with E-state index < -0.39 is 0 Å². The molecule has 4 nitrogen and oxygen atoms in total. The number of hydrogen-bond donors (Lipinski definition) is 1. The van der Waals surface area contributed by atoms with E-state index in [1.807, 2.05) is 10.9 Å². The molecule has 2 N–H and O–H groups in total. The van der Waals surface area contributed by atoms with Crippen LogP contribution in [0.3, 0.4) is 0 Å². The molecule has 0 saturated carbocycles. The fourth-order valence-corrected chi connectivity index (χ4v) is 1.49. The Hall–Kier alpha value is -0.870. The molecule has 0 aliphatic rings. The van der Waals surface area contributed by atoms with Gasteiger partial charge in [-0.15, -0.1) is 0 Å². The number of rotatable bonds is 6. The summed E-state index contributed by atoms with van der Waals surface area (Å²) < 4.78 is 1.96. The number of nitrogens with two attached hydrogens (primary N) is 1. The Labute approximate surface area is 92.1 Å². The minimum Gasteiger partial charge on any atom is -0.324 e. The Bertz CT molecular complexity index is 280. The standard InChI is InChI=1S/C11H22N4/c1-4-6-15-9-10(8-13-15)11(12)5-7-14(2)3/h8-9,11H,4-7,12H2,1-3H3. The molecule has 0 saturated heterocycles. The van der Waals surface area contributed by atoms with Gasteiger partial charge in [-0.05, 0) is 33.5 Å². The smallest absolute Gasteiger partial charge is 0.0537 e. The molecule has 0 fully saturated rings. The molecule has 4 heteroatoms. The lowest BCUT2D eigenvalue weighted by Crippen LogP contribution is -2.19. The quantitative estimate of drug-likeness (QED) is 0.768. The minimum atomic E-state index is 0.109. The third-order valence-electron chi connectivity index (χ3n) is 2.42. The van der Waals surface area contributed by atoms with Crippen molar-refractivity contribution in [3.8, 4) is 0 Å². The molecular weight excluding hydrogens is 188 g/mol. The summed E-state index contributed by atoms with van der Waals surface area (Å²) in [7, 11) is 4.13. The topological polar surface area (TPSA) is 47.1 Å². The molecule has 1 unspecified atom stereocenters. The van der Waals surface area contributed by atoms with E-state index in [0.29, 0.717) is 0 Å². The van der Waals surface area contributed by atoms with Gasteiger partial charge in [0, 0.05) is 24.3 Å². The van der Waals surface area contributed by atoms with Gasteiger partial charge in [0.15, 0.2) is 0 Å². The SMILES string of the molecule is CCCn1cc(C(N)CCN(C)C)cn1. The highest BCUT2D eigenvalue weighted by Gasteiger charge is 2.08. The normalized spacial score (nSPS) is 13.4. The average molecular weight is 210 g/mol. The number of hydrogen-bond acceptors (Lipinski definition) is 3. The molecule has 1 heterocycles. The fraction of sp³-hybridized carbons (Fsp3) is 0.727. The molecule has 1 atom stereocenters. The van der Waals surface area contributed by atoms with Crippen molar-refractivity contribution >= 4 is 0 Å². The summed E-state index contributed by atoms with van der Waals surface area (Å²) in [5.41, 5.74) is 7.22. The highest BCUT2D eigenvalue weighted by molar-refractivity contribution is 5.09. The summed E-state index contributed by atoms with van der Waals surface area (Å²) in [4.78, 5) is 2.15. The molecule has 1 rings (SSSR count). The molecule has 0 spiro atoms. The average Bonchev–Trinajstić information content (AvgIpc) is 2.63. The van der Waals surface area contributed by atoms with Crippen LogP contribution in [-0.4, -0.2) is 35.3 Å². The summed E-state index contributed by atoms with van der Waals surface area (Å²) in [6.45, 7) is 4.13. The maximum atomic E-state index is 6.07. The van der Waals surface area contributed by atoms with Crippen LogP contribution in [0.2, 0.25) is 0 Å². The Balaban J connectivity index is 2.46. The van der Waals surface area contributed by atoms with Crippen molar-refractivity contribution in [1.82, 2.24) is 14.7 Å². The van der Waals surface area contributed by atoms with E-state index in [0.717, 1.165) is 31.5 Å². The fourth-order valence-electron chi connectivity index (χ4n) is 1.49. The predicted molar refractivity (Wildman–Crippen MR) is 62.6 cm³/mol. The molecule has 0 aliphatic carbocycles. The third kappa shape index (κ3) is 4.01. The molecular formula is C11H22N4.